The van der Waals surface area contributed by atoms with Gasteiger partial charge in [0.05, 0.1) is 6.10 Å². The molecule has 0 atom stereocenters. The van der Waals surface area contributed by atoms with Gasteiger partial charge in [-0.05, 0) is 20.8 Å². The number of aromatic nitrogens is 3. The minimum Gasteiger partial charge on any atom is -0.472 e. The lowest BCUT2D eigenvalue weighted by molar-refractivity contribution is 0.232. The van der Waals surface area contributed by atoms with Crippen LogP contribution < -0.4 is 0 Å². The maximum Gasteiger partial charge on any atom is 0.263 e. The fourth-order valence-corrected chi connectivity index (χ4v) is 1.35. The van der Waals surface area contributed by atoms with Gasteiger partial charge < -0.3 is 4.74 Å². The molecule has 0 saturated carbocycles. The van der Waals surface area contributed by atoms with Crippen molar-refractivity contribution in [1.29, 1.82) is 0 Å². The molecule has 0 N–H and O–H groups in total. The van der Waals surface area contributed by atoms with Crippen LogP contribution in [0.5, 0.6) is 0 Å². The van der Waals surface area contributed by atoms with Crippen LogP contribution in [0.15, 0.2) is 10.1 Å². The van der Waals surface area contributed by atoms with Crippen LogP contribution in [0.1, 0.15) is 25.5 Å². The summed E-state index contributed by atoms with van der Waals surface area (Å²) in [7, 11) is 1.69. The fourth-order valence-electron chi connectivity index (χ4n) is 1.35. The average Bonchev–Trinajstić information content (AvgIpc) is 2.59. The highest BCUT2D eigenvalue weighted by atomic mass is 16.5. The normalized spacial score (nSPS) is 17.1. The number of rotatable bonds is 1. The number of hydrogen-bond acceptors (Lipinski definition) is 5. The Hall–Kier alpha value is -1.72. The maximum absolute atomic E-state index is 5.51. The first kappa shape index (κ1) is 9.82. The zero-order valence-corrected chi connectivity index (χ0v) is 9.22. The highest BCUT2D eigenvalue weighted by Crippen LogP contribution is 2.11. The van der Waals surface area contributed by atoms with Crippen molar-refractivity contribution in [1.82, 2.24) is 14.9 Å². The van der Waals surface area contributed by atoms with Gasteiger partial charge in [-0.1, -0.05) is 0 Å². The molecule has 1 aliphatic heterocycles. The molecule has 0 radical (unpaired) electrons. The number of fused-ring (bicyclic) bond motifs is 1. The molecule has 80 valence electrons. The Balaban J connectivity index is 2.38. The van der Waals surface area contributed by atoms with Crippen LogP contribution in [0.3, 0.4) is 0 Å². The van der Waals surface area contributed by atoms with Gasteiger partial charge in [0.1, 0.15) is 0 Å². The van der Waals surface area contributed by atoms with Gasteiger partial charge in [-0.25, -0.2) is 4.98 Å². The van der Waals surface area contributed by atoms with Crippen LogP contribution in [-0.2, 0) is 4.74 Å². The number of aliphatic imine (C=N–C) groups is 1. The SMILES string of the molecule is CN=C1C(OC(C)C)=Nn2nc(C)nc21. The maximum atomic E-state index is 5.51. The summed E-state index contributed by atoms with van der Waals surface area (Å²) in [5.41, 5.74) is 0.657. The van der Waals surface area contributed by atoms with Crippen LogP contribution >= 0.6 is 0 Å². The second kappa shape index (κ2) is 3.45. The van der Waals surface area contributed by atoms with E-state index in [2.05, 4.69) is 20.2 Å². The minimum absolute atomic E-state index is 0.0613. The summed E-state index contributed by atoms with van der Waals surface area (Å²) in [5.74, 6) is 1.81. The topological polar surface area (TPSA) is 64.7 Å². The third-order valence-electron chi connectivity index (χ3n) is 1.87. The van der Waals surface area contributed by atoms with E-state index in [4.69, 9.17) is 4.74 Å². The Morgan fingerprint density at radius 3 is 2.73 bits per heavy atom. The molecule has 1 aromatic heterocycles. The first-order chi connectivity index (χ1) is 7.11. The average molecular weight is 207 g/mol. The highest BCUT2D eigenvalue weighted by molar-refractivity contribution is 6.45. The number of aryl methyl sites for hydroxylation is 1. The Kier molecular flexibility index (Phi) is 2.26. The number of nitrogens with zero attached hydrogens (tertiary/aromatic N) is 5. The van der Waals surface area contributed by atoms with Crippen molar-refractivity contribution in [2.24, 2.45) is 10.1 Å². The Bertz CT molecular complexity index is 443. The van der Waals surface area contributed by atoms with Gasteiger partial charge in [-0.15, -0.1) is 15.0 Å². The van der Waals surface area contributed by atoms with E-state index in [0.717, 1.165) is 0 Å². The van der Waals surface area contributed by atoms with Crippen molar-refractivity contribution in [3.63, 3.8) is 0 Å². The number of hydrogen-bond donors (Lipinski definition) is 0. The quantitative estimate of drug-likeness (QED) is 0.677. The largest absolute Gasteiger partial charge is 0.472 e. The van der Waals surface area contributed by atoms with Crippen molar-refractivity contribution in [3.8, 4) is 0 Å². The predicted octanol–water partition coefficient (Wildman–Crippen LogP) is 0.606. The molecule has 0 unspecified atom stereocenters. The van der Waals surface area contributed by atoms with Crippen molar-refractivity contribution < 1.29 is 4.74 Å². The molecule has 0 spiro atoms. The zero-order chi connectivity index (χ0) is 11.0. The summed E-state index contributed by atoms with van der Waals surface area (Å²) in [6, 6.07) is 0. The molecule has 0 aliphatic carbocycles. The summed E-state index contributed by atoms with van der Waals surface area (Å²) in [6.45, 7) is 5.70. The third kappa shape index (κ3) is 1.62. The predicted molar refractivity (Wildman–Crippen MR) is 56.3 cm³/mol. The molecular formula is C9H13N5O. The van der Waals surface area contributed by atoms with Gasteiger partial charge in [-0.3, -0.25) is 4.99 Å². The van der Waals surface area contributed by atoms with E-state index in [1.807, 2.05) is 20.8 Å². The molecule has 0 fully saturated rings. The summed E-state index contributed by atoms with van der Waals surface area (Å²) < 4.78 is 5.51. The second-order valence-electron chi connectivity index (χ2n) is 3.52. The fraction of sp³-hybridized carbons (Fsp3) is 0.556. The molecular weight excluding hydrogens is 194 g/mol. The highest BCUT2D eigenvalue weighted by Gasteiger charge is 2.27. The molecule has 1 aromatic rings. The van der Waals surface area contributed by atoms with Crippen molar-refractivity contribution >= 4 is 11.6 Å². The van der Waals surface area contributed by atoms with E-state index < -0.39 is 0 Å². The third-order valence-corrected chi connectivity index (χ3v) is 1.87. The van der Waals surface area contributed by atoms with Crippen molar-refractivity contribution in [2.75, 3.05) is 7.05 Å². The van der Waals surface area contributed by atoms with Crippen molar-refractivity contribution in [3.05, 3.63) is 11.6 Å². The van der Waals surface area contributed by atoms with Crippen LogP contribution in [0.25, 0.3) is 0 Å². The van der Waals surface area contributed by atoms with Crippen LogP contribution in [-0.4, -0.2) is 39.6 Å². The molecule has 1 aliphatic rings. The van der Waals surface area contributed by atoms with E-state index in [9.17, 15) is 0 Å². The molecule has 0 aromatic carbocycles. The van der Waals surface area contributed by atoms with Gasteiger partial charge in [0.25, 0.3) is 5.90 Å². The molecule has 0 bridgehead atoms. The lowest BCUT2D eigenvalue weighted by Crippen LogP contribution is -2.19. The van der Waals surface area contributed by atoms with Gasteiger partial charge in [0, 0.05) is 7.05 Å². The summed E-state index contributed by atoms with van der Waals surface area (Å²) in [4.78, 5) is 9.80. The van der Waals surface area contributed by atoms with Gasteiger partial charge in [0.2, 0.25) is 5.82 Å². The lowest BCUT2D eigenvalue weighted by atomic mass is 10.3. The monoisotopic (exact) mass is 207 g/mol. The molecule has 2 heterocycles. The van der Waals surface area contributed by atoms with E-state index in [-0.39, 0.29) is 6.10 Å². The summed E-state index contributed by atoms with van der Waals surface area (Å²) in [6.07, 6.45) is 0.0613. The molecule has 6 nitrogen and oxygen atoms in total. The molecule has 0 saturated heterocycles. The van der Waals surface area contributed by atoms with Crippen LogP contribution in [0, 0.1) is 6.92 Å². The van der Waals surface area contributed by atoms with Gasteiger partial charge in [-0.2, -0.15) is 0 Å². The standard InChI is InChI=1S/C9H13N5O/c1-5(2)15-9-7(10-4)8-11-6(3)12-14(8)13-9/h5H,1-4H3. The van der Waals surface area contributed by atoms with Crippen LogP contribution in [0.4, 0.5) is 0 Å². The summed E-state index contributed by atoms with van der Waals surface area (Å²) >= 11 is 0. The van der Waals surface area contributed by atoms with Gasteiger partial charge in [0.15, 0.2) is 11.5 Å². The molecule has 6 heteroatoms. The van der Waals surface area contributed by atoms with Gasteiger partial charge >= 0.3 is 0 Å². The van der Waals surface area contributed by atoms with Crippen molar-refractivity contribution in [2.45, 2.75) is 26.9 Å². The molecule has 15 heavy (non-hydrogen) atoms. The van der Waals surface area contributed by atoms with E-state index >= 15 is 0 Å². The second-order valence-corrected chi connectivity index (χ2v) is 3.52. The summed E-state index contributed by atoms with van der Waals surface area (Å²) in [5, 5.41) is 8.28. The molecule has 2 rings (SSSR count). The van der Waals surface area contributed by atoms with E-state index in [1.165, 1.54) is 4.79 Å². The Morgan fingerprint density at radius 1 is 1.40 bits per heavy atom. The Morgan fingerprint density at radius 2 is 2.13 bits per heavy atom. The van der Waals surface area contributed by atoms with E-state index in [0.29, 0.717) is 23.3 Å². The van der Waals surface area contributed by atoms with Crippen LogP contribution in [0.2, 0.25) is 0 Å². The first-order valence-corrected chi connectivity index (χ1v) is 4.78. The van der Waals surface area contributed by atoms with E-state index in [1.54, 1.807) is 7.05 Å². The first-order valence-electron chi connectivity index (χ1n) is 4.78. The zero-order valence-electron chi connectivity index (χ0n) is 9.22. The molecule has 0 amide bonds. The number of ether oxygens (including phenoxy) is 1. The smallest absolute Gasteiger partial charge is 0.263 e. The Labute approximate surface area is 87.7 Å². The lowest BCUT2D eigenvalue weighted by Gasteiger charge is -2.07. The minimum atomic E-state index is 0.0613.